The second-order valence-electron chi connectivity index (χ2n) is 8.43. The van der Waals surface area contributed by atoms with E-state index in [0.29, 0.717) is 12.1 Å². The summed E-state index contributed by atoms with van der Waals surface area (Å²) in [7, 11) is 0. The first-order valence-corrected chi connectivity index (χ1v) is 10.7. The van der Waals surface area contributed by atoms with E-state index < -0.39 is 0 Å². The van der Waals surface area contributed by atoms with Crippen LogP contribution in [0.15, 0.2) is 54.7 Å². The lowest BCUT2D eigenvalue weighted by Gasteiger charge is -2.46. The lowest BCUT2D eigenvalue weighted by Crippen LogP contribution is -2.61. The van der Waals surface area contributed by atoms with Gasteiger partial charge in [-0.2, -0.15) is 0 Å². The molecule has 0 saturated carbocycles. The van der Waals surface area contributed by atoms with Crippen LogP contribution in [-0.2, 0) is 0 Å². The van der Waals surface area contributed by atoms with Gasteiger partial charge in [0.25, 0.3) is 0 Å². The van der Waals surface area contributed by atoms with E-state index in [2.05, 4.69) is 25.8 Å². The smallest absolute Gasteiger partial charge is 0.167 e. The summed E-state index contributed by atoms with van der Waals surface area (Å²) >= 11 is 0. The van der Waals surface area contributed by atoms with Gasteiger partial charge < -0.3 is 10.2 Å². The number of rotatable bonds is 3. The molecule has 7 rings (SSSR count). The molecule has 3 saturated heterocycles. The third kappa shape index (κ3) is 3.16. The van der Waals surface area contributed by atoms with Gasteiger partial charge in [-0.15, -0.1) is 0 Å². The molecule has 6 nitrogen and oxygen atoms in total. The van der Waals surface area contributed by atoms with Crippen molar-refractivity contribution in [2.24, 2.45) is 0 Å². The number of pyridine rings is 2. The maximum absolute atomic E-state index is 13.6. The van der Waals surface area contributed by atoms with E-state index in [1.54, 1.807) is 18.3 Å². The Morgan fingerprint density at radius 3 is 2.61 bits per heavy atom. The summed E-state index contributed by atoms with van der Waals surface area (Å²) in [6, 6.07) is 15.6. The Balaban J connectivity index is 1.55. The minimum Gasteiger partial charge on any atom is -0.351 e. The first-order valence-electron chi connectivity index (χ1n) is 10.7. The number of piperidine rings is 2. The van der Waals surface area contributed by atoms with Crippen LogP contribution in [0.2, 0.25) is 0 Å². The Bertz CT molecular complexity index is 1260. The molecule has 2 unspecified atom stereocenters. The number of halogens is 1. The van der Waals surface area contributed by atoms with Crippen LogP contribution >= 0.6 is 0 Å². The summed E-state index contributed by atoms with van der Waals surface area (Å²) < 4.78 is 15.6. The Morgan fingerprint density at radius 1 is 1.03 bits per heavy atom. The molecule has 0 spiro atoms. The van der Waals surface area contributed by atoms with Gasteiger partial charge in [-0.1, -0.05) is 0 Å². The Kier molecular flexibility index (Phi) is 4.24. The molecule has 2 atom stereocenters. The van der Waals surface area contributed by atoms with Crippen molar-refractivity contribution < 1.29 is 4.39 Å². The van der Waals surface area contributed by atoms with Crippen molar-refractivity contribution in [2.45, 2.75) is 31.8 Å². The van der Waals surface area contributed by atoms with Crippen molar-refractivity contribution in [3.63, 3.8) is 0 Å². The molecule has 0 amide bonds. The van der Waals surface area contributed by atoms with Gasteiger partial charge in [0.1, 0.15) is 23.0 Å². The monoisotopic (exact) mass is 414 g/mol. The molecular weight excluding hydrogens is 391 g/mol. The lowest BCUT2D eigenvalue weighted by atomic mass is 9.93. The number of aromatic nitrogens is 4. The molecular formula is C24H23FN6. The highest BCUT2D eigenvalue weighted by Crippen LogP contribution is 2.32. The second kappa shape index (κ2) is 7.13. The average Bonchev–Trinajstić information content (AvgIpc) is 3.19. The van der Waals surface area contributed by atoms with Crippen LogP contribution in [0.4, 0.5) is 10.2 Å². The molecule has 3 aromatic heterocycles. The molecule has 7 heteroatoms. The molecule has 3 fully saturated rings. The highest BCUT2D eigenvalue weighted by Gasteiger charge is 2.34. The first-order chi connectivity index (χ1) is 15.2. The van der Waals surface area contributed by atoms with Gasteiger partial charge in [0, 0.05) is 42.6 Å². The Morgan fingerprint density at radius 2 is 1.90 bits per heavy atom. The summed E-state index contributed by atoms with van der Waals surface area (Å²) in [6.45, 7) is 3.96. The zero-order valence-electron chi connectivity index (χ0n) is 17.3. The number of nitrogens with one attached hydrogen (secondary N) is 1. The van der Waals surface area contributed by atoms with Crippen LogP contribution in [0.1, 0.15) is 18.5 Å². The summed E-state index contributed by atoms with van der Waals surface area (Å²) in [4.78, 5) is 16.7. The van der Waals surface area contributed by atoms with Crippen molar-refractivity contribution in [3.05, 3.63) is 66.2 Å². The maximum Gasteiger partial charge on any atom is 0.167 e. The van der Waals surface area contributed by atoms with E-state index in [1.165, 1.54) is 25.0 Å². The van der Waals surface area contributed by atoms with E-state index in [4.69, 9.17) is 9.97 Å². The Hall–Kier alpha value is -3.32. The third-order valence-corrected chi connectivity index (χ3v) is 6.37. The number of hydrogen-bond acceptors (Lipinski definition) is 5. The van der Waals surface area contributed by atoms with Gasteiger partial charge in [-0.25, -0.2) is 14.4 Å². The molecule has 2 bridgehead atoms. The molecule has 1 N–H and O–H groups in total. The SMILES string of the molecule is Cc1cc(-n2c(-c3ccc(F)cc3)nc3ccc(N4CC5CCC4CN5)nc32)ccn1. The number of benzene rings is 1. The topological polar surface area (TPSA) is 58.9 Å². The summed E-state index contributed by atoms with van der Waals surface area (Å²) in [5.74, 6) is 1.47. The number of anilines is 1. The normalized spacial score (nSPS) is 20.5. The zero-order valence-corrected chi connectivity index (χ0v) is 17.3. The van der Waals surface area contributed by atoms with Crippen LogP contribution in [0.5, 0.6) is 0 Å². The summed E-state index contributed by atoms with van der Waals surface area (Å²) in [5, 5.41) is 3.60. The lowest BCUT2D eigenvalue weighted by molar-refractivity contribution is 0.289. The molecule has 0 aliphatic carbocycles. The molecule has 4 aromatic rings. The predicted octanol–water partition coefficient (Wildman–Crippen LogP) is 3.87. The number of nitrogens with zero attached hydrogens (tertiary/aromatic N) is 5. The van der Waals surface area contributed by atoms with Gasteiger partial charge in [-0.05, 0) is 68.3 Å². The molecule has 3 aliphatic rings. The Labute approximate surface area is 179 Å². The fourth-order valence-electron chi connectivity index (χ4n) is 4.80. The fraction of sp³-hybridized carbons (Fsp3) is 0.292. The molecule has 1 aromatic carbocycles. The fourth-order valence-corrected chi connectivity index (χ4v) is 4.80. The molecule has 0 radical (unpaired) electrons. The van der Waals surface area contributed by atoms with E-state index in [-0.39, 0.29) is 5.82 Å². The number of imidazole rings is 1. The third-order valence-electron chi connectivity index (χ3n) is 6.37. The van der Waals surface area contributed by atoms with Gasteiger partial charge in [0.2, 0.25) is 0 Å². The van der Waals surface area contributed by atoms with Crippen molar-refractivity contribution >= 4 is 17.0 Å². The second-order valence-corrected chi connectivity index (χ2v) is 8.43. The van der Waals surface area contributed by atoms with E-state index in [9.17, 15) is 4.39 Å². The predicted molar refractivity (Wildman–Crippen MR) is 119 cm³/mol. The largest absolute Gasteiger partial charge is 0.351 e. The van der Waals surface area contributed by atoms with Crippen molar-refractivity contribution in [1.82, 2.24) is 24.8 Å². The van der Waals surface area contributed by atoms with Crippen molar-refractivity contribution in [2.75, 3.05) is 18.0 Å². The number of hydrogen-bond donors (Lipinski definition) is 1. The highest BCUT2D eigenvalue weighted by atomic mass is 19.1. The van der Waals surface area contributed by atoms with Crippen LogP contribution < -0.4 is 10.2 Å². The van der Waals surface area contributed by atoms with Crippen LogP contribution in [0.3, 0.4) is 0 Å². The maximum atomic E-state index is 13.6. The van der Waals surface area contributed by atoms with Gasteiger partial charge in [0.15, 0.2) is 5.65 Å². The minimum absolute atomic E-state index is 0.264. The summed E-state index contributed by atoms with van der Waals surface area (Å²) in [6.07, 6.45) is 4.22. The average molecular weight is 414 g/mol. The molecule has 3 aliphatic heterocycles. The molecule has 6 heterocycles. The standard InChI is InChI=1S/C24H23FN6/c1-15-12-19(10-11-26-15)31-23(16-2-4-17(25)5-3-16)28-21-8-9-22(29-24(21)31)30-14-18-6-7-20(30)13-27-18/h2-5,8-12,18,20,27H,6-7,13-14H2,1H3. The molecule has 156 valence electrons. The van der Waals surface area contributed by atoms with Crippen LogP contribution in [0, 0.1) is 12.7 Å². The molecule has 31 heavy (non-hydrogen) atoms. The van der Waals surface area contributed by atoms with Gasteiger partial charge >= 0.3 is 0 Å². The minimum atomic E-state index is -0.264. The van der Waals surface area contributed by atoms with Gasteiger partial charge in [-0.3, -0.25) is 9.55 Å². The van der Waals surface area contributed by atoms with Gasteiger partial charge in [0.05, 0.1) is 5.69 Å². The number of piperazine rings is 1. The highest BCUT2D eigenvalue weighted by molar-refractivity contribution is 5.81. The van der Waals surface area contributed by atoms with Crippen LogP contribution in [-0.4, -0.2) is 44.7 Å². The number of fused-ring (bicyclic) bond motifs is 4. The first kappa shape index (κ1) is 18.4. The van der Waals surface area contributed by atoms with Crippen molar-refractivity contribution in [1.29, 1.82) is 0 Å². The summed E-state index contributed by atoms with van der Waals surface area (Å²) in [5.41, 5.74) is 4.33. The van der Waals surface area contributed by atoms with E-state index in [1.807, 2.05) is 25.1 Å². The zero-order chi connectivity index (χ0) is 20.9. The van der Waals surface area contributed by atoms with Crippen molar-refractivity contribution in [3.8, 4) is 17.1 Å². The van der Waals surface area contributed by atoms with E-state index >= 15 is 0 Å². The number of aryl methyl sites for hydroxylation is 1. The quantitative estimate of drug-likeness (QED) is 0.552. The van der Waals surface area contributed by atoms with E-state index in [0.717, 1.165) is 52.8 Å². The van der Waals surface area contributed by atoms with Crippen LogP contribution in [0.25, 0.3) is 28.2 Å².